The van der Waals surface area contributed by atoms with E-state index < -0.39 is 0 Å². The number of benzene rings is 1. The van der Waals surface area contributed by atoms with E-state index in [1.54, 1.807) is 18.7 Å². The molecule has 0 amide bonds. The highest BCUT2D eigenvalue weighted by molar-refractivity contribution is 14.0. The summed E-state index contributed by atoms with van der Waals surface area (Å²) in [5, 5.41) is 3.08. The van der Waals surface area contributed by atoms with Crippen molar-refractivity contribution in [3.63, 3.8) is 0 Å². The molecule has 9 heteroatoms. The van der Waals surface area contributed by atoms with Crippen LogP contribution in [-0.2, 0) is 6.54 Å². The number of hydrogen-bond donors (Lipinski definition) is 2. The van der Waals surface area contributed by atoms with E-state index in [9.17, 15) is 0 Å². The molecule has 8 nitrogen and oxygen atoms in total. The number of anilines is 1. The summed E-state index contributed by atoms with van der Waals surface area (Å²) in [5.74, 6) is 2.59. The number of rotatable bonds is 4. The average molecular weight is 492 g/mol. The monoisotopic (exact) mass is 492 g/mol. The predicted molar refractivity (Wildman–Crippen MR) is 118 cm³/mol. The summed E-state index contributed by atoms with van der Waals surface area (Å²) in [4.78, 5) is 12.8. The summed E-state index contributed by atoms with van der Waals surface area (Å²) >= 11 is 0. The Morgan fingerprint density at radius 1 is 1.18 bits per heavy atom. The molecule has 0 saturated heterocycles. The number of nitrogens with zero attached hydrogens (tertiary/aromatic N) is 4. The summed E-state index contributed by atoms with van der Waals surface area (Å²) in [7, 11) is 0. The molecule has 0 aliphatic carbocycles. The fourth-order valence-corrected chi connectivity index (χ4v) is 2.66. The summed E-state index contributed by atoms with van der Waals surface area (Å²) < 4.78 is 13.1. The van der Waals surface area contributed by atoms with E-state index in [-0.39, 0.29) is 24.0 Å². The zero-order chi connectivity index (χ0) is 18.5. The van der Waals surface area contributed by atoms with E-state index in [2.05, 4.69) is 20.3 Å². The molecule has 4 rings (SSSR count). The number of fused-ring (bicyclic) bond motifs is 1. The number of halogens is 1. The van der Waals surface area contributed by atoms with Gasteiger partial charge in [0.05, 0.1) is 19.8 Å². The molecule has 0 saturated carbocycles. The van der Waals surface area contributed by atoms with Crippen molar-refractivity contribution < 1.29 is 9.47 Å². The molecule has 28 heavy (non-hydrogen) atoms. The van der Waals surface area contributed by atoms with Gasteiger partial charge in [0.25, 0.3) is 0 Å². The zero-order valence-electron chi connectivity index (χ0n) is 15.1. The van der Waals surface area contributed by atoms with Crippen LogP contribution < -0.4 is 20.5 Å². The second kappa shape index (κ2) is 9.40. The van der Waals surface area contributed by atoms with E-state index in [4.69, 9.17) is 15.2 Å². The fraction of sp³-hybridized carbons (Fsp3) is 0.211. The Bertz CT molecular complexity index is 928. The lowest BCUT2D eigenvalue weighted by Crippen LogP contribution is -2.22. The van der Waals surface area contributed by atoms with E-state index >= 15 is 0 Å². The number of guanidine groups is 1. The van der Waals surface area contributed by atoms with Gasteiger partial charge in [0.2, 0.25) is 0 Å². The highest BCUT2D eigenvalue weighted by Crippen LogP contribution is 2.32. The Hall–Kier alpha value is -2.82. The summed E-state index contributed by atoms with van der Waals surface area (Å²) in [6.45, 7) is 1.74. The quantitative estimate of drug-likeness (QED) is 0.330. The molecule has 0 radical (unpaired) electrons. The Morgan fingerprint density at radius 2 is 2.04 bits per heavy atom. The lowest BCUT2D eigenvalue weighted by Gasteiger charge is -2.10. The fourth-order valence-electron chi connectivity index (χ4n) is 2.66. The van der Waals surface area contributed by atoms with Crippen LogP contribution in [-0.4, -0.2) is 33.7 Å². The third-order valence-electron chi connectivity index (χ3n) is 4.03. The van der Waals surface area contributed by atoms with Gasteiger partial charge in [-0.15, -0.1) is 24.0 Å². The largest absolute Gasteiger partial charge is 0.490 e. The van der Waals surface area contributed by atoms with E-state index in [0.717, 1.165) is 29.2 Å². The molecule has 146 valence electrons. The van der Waals surface area contributed by atoms with Gasteiger partial charge in [0.1, 0.15) is 12.1 Å². The summed E-state index contributed by atoms with van der Waals surface area (Å²) in [5.41, 5.74) is 7.76. The number of pyridine rings is 1. The van der Waals surface area contributed by atoms with Gasteiger partial charge in [-0.2, -0.15) is 0 Å². The molecular formula is C19H21IN6O2. The van der Waals surface area contributed by atoms with Crippen LogP contribution in [0.25, 0.3) is 5.82 Å². The zero-order valence-corrected chi connectivity index (χ0v) is 17.4. The minimum atomic E-state index is 0. The van der Waals surface area contributed by atoms with Gasteiger partial charge >= 0.3 is 0 Å². The molecule has 1 aliphatic heterocycles. The van der Waals surface area contributed by atoms with Gasteiger partial charge in [-0.25, -0.2) is 15.0 Å². The van der Waals surface area contributed by atoms with Crippen molar-refractivity contribution in [1.82, 2.24) is 14.5 Å². The molecule has 0 unspecified atom stereocenters. The maximum atomic E-state index is 6.00. The lowest BCUT2D eigenvalue weighted by atomic mass is 10.2. The Balaban J connectivity index is 0.00000225. The topological polar surface area (TPSA) is 99.6 Å². The van der Waals surface area contributed by atoms with Crippen LogP contribution in [0.3, 0.4) is 0 Å². The molecule has 3 N–H and O–H groups in total. The SMILES string of the molecule is I.NC(=NCc1ccc(-n2ccnc2)nc1)Nc1ccc2c(c1)OCCCO2. The molecule has 0 spiro atoms. The van der Waals surface area contributed by atoms with Crippen molar-refractivity contribution in [2.24, 2.45) is 10.7 Å². The second-order valence-electron chi connectivity index (χ2n) is 6.03. The maximum Gasteiger partial charge on any atom is 0.193 e. The van der Waals surface area contributed by atoms with Crippen LogP contribution >= 0.6 is 24.0 Å². The first-order valence-corrected chi connectivity index (χ1v) is 8.68. The molecule has 3 aromatic rings. The van der Waals surface area contributed by atoms with Crippen molar-refractivity contribution in [3.8, 4) is 17.3 Å². The minimum Gasteiger partial charge on any atom is -0.490 e. The number of aliphatic imine (C=N–C) groups is 1. The Labute approximate surface area is 179 Å². The van der Waals surface area contributed by atoms with Crippen LogP contribution in [0, 0.1) is 0 Å². The van der Waals surface area contributed by atoms with Crippen LogP contribution in [0.2, 0.25) is 0 Å². The van der Waals surface area contributed by atoms with Gasteiger partial charge in [0.15, 0.2) is 17.5 Å². The molecule has 0 bridgehead atoms. The summed E-state index contributed by atoms with van der Waals surface area (Å²) in [6, 6.07) is 9.50. The van der Waals surface area contributed by atoms with E-state index in [1.165, 1.54) is 0 Å². The van der Waals surface area contributed by atoms with Crippen molar-refractivity contribution in [3.05, 3.63) is 60.8 Å². The molecular weight excluding hydrogens is 471 g/mol. The van der Waals surface area contributed by atoms with Crippen LogP contribution in [0.5, 0.6) is 11.5 Å². The molecule has 1 aromatic carbocycles. The van der Waals surface area contributed by atoms with Gasteiger partial charge in [-0.1, -0.05) is 6.07 Å². The van der Waals surface area contributed by atoms with Gasteiger partial charge in [-0.3, -0.25) is 4.57 Å². The molecule has 0 atom stereocenters. The lowest BCUT2D eigenvalue weighted by molar-refractivity contribution is 0.297. The smallest absolute Gasteiger partial charge is 0.193 e. The van der Waals surface area contributed by atoms with Crippen molar-refractivity contribution in [1.29, 1.82) is 0 Å². The summed E-state index contributed by atoms with van der Waals surface area (Å²) in [6.07, 6.45) is 7.91. The molecule has 0 fully saturated rings. The first-order valence-electron chi connectivity index (χ1n) is 8.68. The number of imidazole rings is 1. The molecule has 3 heterocycles. The van der Waals surface area contributed by atoms with E-state index in [0.29, 0.717) is 31.5 Å². The highest BCUT2D eigenvalue weighted by atomic mass is 127. The first-order chi connectivity index (χ1) is 13.3. The molecule has 1 aliphatic rings. The number of ether oxygens (including phenoxy) is 2. The van der Waals surface area contributed by atoms with Crippen molar-refractivity contribution in [2.75, 3.05) is 18.5 Å². The number of aromatic nitrogens is 3. The number of nitrogens with two attached hydrogens (primary N) is 1. The minimum absolute atomic E-state index is 0. The average Bonchev–Trinajstić information content (AvgIpc) is 3.13. The first kappa shape index (κ1) is 19.9. The third-order valence-corrected chi connectivity index (χ3v) is 4.03. The van der Waals surface area contributed by atoms with Crippen molar-refractivity contribution >= 4 is 35.6 Å². The number of hydrogen-bond acceptors (Lipinski definition) is 5. The Kier molecular flexibility index (Phi) is 6.69. The van der Waals surface area contributed by atoms with Crippen molar-refractivity contribution in [2.45, 2.75) is 13.0 Å². The van der Waals surface area contributed by atoms with Crippen LogP contribution in [0.1, 0.15) is 12.0 Å². The van der Waals surface area contributed by atoms with Gasteiger partial charge in [-0.05, 0) is 23.8 Å². The van der Waals surface area contributed by atoms with Crippen LogP contribution in [0.15, 0.2) is 60.2 Å². The van der Waals surface area contributed by atoms with E-state index in [1.807, 2.05) is 41.1 Å². The third kappa shape index (κ3) is 4.91. The predicted octanol–water partition coefficient (Wildman–Crippen LogP) is 2.97. The second-order valence-corrected chi connectivity index (χ2v) is 6.03. The standard InChI is InChI=1S/C19H20N6O2.HI/c20-19(24-15-3-4-16-17(10-15)27-9-1-8-26-16)23-12-14-2-5-18(22-11-14)25-7-6-21-13-25;/h2-7,10-11,13H,1,8-9,12H2,(H3,20,23,24);1H. The number of nitrogens with one attached hydrogen (secondary N) is 1. The molecule has 2 aromatic heterocycles. The van der Waals surface area contributed by atoms with Gasteiger partial charge in [0, 0.05) is 36.8 Å². The van der Waals surface area contributed by atoms with Crippen LogP contribution in [0.4, 0.5) is 5.69 Å². The maximum absolute atomic E-state index is 6.00. The normalized spacial score (nSPS) is 13.4. The highest BCUT2D eigenvalue weighted by Gasteiger charge is 2.10. The Morgan fingerprint density at radius 3 is 2.79 bits per heavy atom. The van der Waals surface area contributed by atoms with Gasteiger partial charge < -0.3 is 20.5 Å².